The van der Waals surface area contributed by atoms with Gasteiger partial charge in [-0.15, -0.1) is 24.0 Å². The fraction of sp³-hybridized carbons (Fsp3) is 0.524. The highest BCUT2D eigenvalue weighted by Gasteiger charge is 2.20. The van der Waals surface area contributed by atoms with Gasteiger partial charge in [0.2, 0.25) is 5.91 Å². The highest BCUT2D eigenvalue weighted by molar-refractivity contribution is 14.0. The van der Waals surface area contributed by atoms with Crippen LogP contribution in [0.2, 0.25) is 0 Å². The molecule has 0 bridgehead atoms. The summed E-state index contributed by atoms with van der Waals surface area (Å²) >= 11 is 0. The third-order valence-corrected chi connectivity index (χ3v) is 4.39. The lowest BCUT2D eigenvalue weighted by Crippen LogP contribution is -2.43. The summed E-state index contributed by atoms with van der Waals surface area (Å²) in [6, 6.07) is 8.37. The second-order valence-corrected chi connectivity index (χ2v) is 7.72. The molecular formula is C21H34IN5O. The van der Waals surface area contributed by atoms with Gasteiger partial charge in [0.15, 0.2) is 5.96 Å². The Hall–Kier alpha value is -1.77. The lowest BCUT2D eigenvalue weighted by molar-refractivity contribution is -0.128. The number of halogens is 1. The van der Waals surface area contributed by atoms with Gasteiger partial charge in [-0.1, -0.05) is 39.0 Å². The maximum atomic E-state index is 11.9. The number of guanidine groups is 1. The molecular weight excluding hydrogens is 465 g/mol. The third-order valence-electron chi connectivity index (χ3n) is 4.39. The number of benzene rings is 1. The Balaban J connectivity index is 0.00000392. The predicted molar refractivity (Wildman–Crippen MR) is 129 cm³/mol. The summed E-state index contributed by atoms with van der Waals surface area (Å²) in [5.41, 5.74) is 3.33. The number of rotatable bonds is 7. The van der Waals surface area contributed by atoms with E-state index in [2.05, 4.69) is 51.0 Å². The molecule has 1 heterocycles. The average Bonchev–Trinajstić information content (AvgIpc) is 2.93. The first-order chi connectivity index (χ1) is 12.8. The quantitative estimate of drug-likeness (QED) is 0.204. The Labute approximate surface area is 185 Å². The number of carbonyl (C=O) groups is 1. The van der Waals surface area contributed by atoms with Crippen LogP contribution in [0.3, 0.4) is 0 Å². The average molecular weight is 499 g/mol. The zero-order valence-corrected chi connectivity index (χ0v) is 19.9. The van der Waals surface area contributed by atoms with Gasteiger partial charge in [-0.05, 0) is 31.9 Å². The van der Waals surface area contributed by atoms with Crippen molar-refractivity contribution >= 4 is 46.7 Å². The van der Waals surface area contributed by atoms with E-state index in [4.69, 9.17) is 0 Å². The topological polar surface area (TPSA) is 81.3 Å². The molecule has 1 aromatic carbocycles. The van der Waals surface area contributed by atoms with Crippen LogP contribution in [-0.2, 0) is 11.2 Å². The maximum Gasteiger partial charge on any atom is 0.225 e. The number of aliphatic imine (C=N–C) groups is 1. The van der Waals surface area contributed by atoms with Gasteiger partial charge >= 0.3 is 0 Å². The minimum absolute atomic E-state index is 0. The lowest BCUT2D eigenvalue weighted by Gasteiger charge is -2.18. The van der Waals surface area contributed by atoms with E-state index in [1.54, 1.807) is 0 Å². The van der Waals surface area contributed by atoms with Crippen molar-refractivity contribution < 1.29 is 4.79 Å². The minimum Gasteiger partial charge on any atom is -0.358 e. The van der Waals surface area contributed by atoms with Crippen LogP contribution in [0.5, 0.6) is 0 Å². The van der Waals surface area contributed by atoms with Crippen LogP contribution in [0.4, 0.5) is 0 Å². The number of carbonyl (C=O) groups excluding carboxylic acids is 1. The van der Waals surface area contributed by atoms with Crippen LogP contribution in [0.15, 0.2) is 29.3 Å². The standard InChI is InChI=1S/C21H33N5O.HI/c1-6-22-20(25-14-13-23-19(27)21(3,4)5)24-12-11-16-15(2)26-18-10-8-7-9-17(16)18;/h7-10,26H,6,11-14H2,1-5H3,(H,23,27)(H2,22,24,25);1H. The van der Waals surface area contributed by atoms with Gasteiger partial charge in [-0.3, -0.25) is 9.79 Å². The summed E-state index contributed by atoms with van der Waals surface area (Å²) in [6.07, 6.45) is 0.882. The fourth-order valence-electron chi connectivity index (χ4n) is 2.90. The highest BCUT2D eigenvalue weighted by Crippen LogP contribution is 2.22. The van der Waals surface area contributed by atoms with E-state index in [0.29, 0.717) is 19.6 Å². The largest absolute Gasteiger partial charge is 0.358 e. The van der Waals surface area contributed by atoms with Gasteiger partial charge < -0.3 is 20.9 Å². The van der Waals surface area contributed by atoms with Crippen LogP contribution >= 0.6 is 24.0 Å². The van der Waals surface area contributed by atoms with E-state index >= 15 is 0 Å². The molecule has 0 spiro atoms. The molecule has 0 saturated heterocycles. The molecule has 156 valence electrons. The molecule has 0 unspecified atom stereocenters. The van der Waals surface area contributed by atoms with E-state index < -0.39 is 0 Å². The van der Waals surface area contributed by atoms with E-state index in [9.17, 15) is 4.79 Å². The lowest BCUT2D eigenvalue weighted by atomic mass is 9.96. The second kappa shape index (κ2) is 11.3. The summed E-state index contributed by atoms with van der Waals surface area (Å²) in [5.74, 6) is 0.834. The van der Waals surface area contributed by atoms with Crippen molar-refractivity contribution in [2.24, 2.45) is 10.4 Å². The number of fused-ring (bicyclic) bond motifs is 1. The number of aromatic amines is 1. The molecule has 0 fully saturated rings. The van der Waals surface area contributed by atoms with Gasteiger partial charge in [-0.25, -0.2) is 0 Å². The summed E-state index contributed by atoms with van der Waals surface area (Å²) in [4.78, 5) is 20.0. The molecule has 0 aliphatic rings. The zero-order chi connectivity index (χ0) is 19.9. The number of nitrogens with one attached hydrogen (secondary N) is 4. The number of para-hydroxylation sites is 1. The molecule has 1 amide bonds. The third kappa shape index (κ3) is 7.00. The van der Waals surface area contributed by atoms with Gasteiger partial charge in [0.25, 0.3) is 0 Å². The van der Waals surface area contributed by atoms with E-state index in [1.807, 2.05) is 33.8 Å². The van der Waals surface area contributed by atoms with Crippen molar-refractivity contribution in [2.75, 3.05) is 26.2 Å². The smallest absolute Gasteiger partial charge is 0.225 e. The van der Waals surface area contributed by atoms with Crippen molar-refractivity contribution in [3.8, 4) is 0 Å². The number of aryl methyl sites for hydroxylation is 1. The number of amides is 1. The molecule has 4 N–H and O–H groups in total. The van der Waals surface area contributed by atoms with Gasteiger partial charge in [-0.2, -0.15) is 0 Å². The first kappa shape index (κ1) is 24.3. The number of hydrogen-bond donors (Lipinski definition) is 4. The van der Waals surface area contributed by atoms with Crippen LogP contribution < -0.4 is 16.0 Å². The zero-order valence-electron chi connectivity index (χ0n) is 17.6. The van der Waals surface area contributed by atoms with E-state index in [0.717, 1.165) is 18.9 Å². The molecule has 0 radical (unpaired) electrons. The number of H-pyrrole nitrogens is 1. The Morgan fingerprint density at radius 2 is 1.79 bits per heavy atom. The molecule has 7 heteroatoms. The Morgan fingerprint density at radius 3 is 2.46 bits per heavy atom. The molecule has 2 aromatic rings. The van der Waals surface area contributed by atoms with Crippen molar-refractivity contribution in [3.63, 3.8) is 0 Å². The van der Waals surface area contributed by atoms with Crippen LogP contribution in [0, 0.1) is 12.3 Å². The predicted octanol–water partition coefficient (Wildman–Crippen LogP) is 3.35. The minimum atomic E-state index is -0.365. The molecule has 0 aliphatic heterocycles. The summed E-state index contributed by atoms with van der Waals surface area (Å²) in [5, 5.41) is 10.7. The van der Waals surface area contributed by atoms with Crippen molar-refractivity contribution in [2.45, 2.75) is 41.0 Å². The number of hydrogen-bond acceptors (Lipinski definition) is 2. The normalized spacial score (nSPS) is 11.8. The second-order valence-electron chi connectivity index (χ2n) is 7.72. The molecule has 0 atom stereocenters. The Morgan fingerprint density at radius 1 is 1.11 bits per heavy atom. The number of aromatic nitrogens is 1. The molecule has 0 saturated carbocycles. The van der Waals surface area contributed by atoms with Gasteiger partial charge in [0.1, 0.15) is 0 Å². The van der Waals surface area contributed by atoms with Crippen LogP contribution in [0.1, 0.15) is 39.0 Å². The molecule has 1 aromatic heterocycles. The van der Waals surface area contributed by atoms with Gasteiger partial charge in [0, 0.05) is 48.2 Å². The van der Waals surface area contributed by atoms with Crippen molar-refractivity contribution in [3.05, 3.63) is 35.5 Å². The number of nitrogens with zero attached hydrogens (tertiary/aromatic N) is 1. The van der Waals surface area contributed by atoms with Crippen LogP contribution in [-0.4, -0.2) is 43.0 Å². The summed E-state index contributed by atoms with van der Waals surface area (Å²) in [7, 11) is 0. The van der Waals surface area contributed by atoms with Crippen molar-refractivity contribution in [1.29, 1.82) is 0 Å². The molecule has 0 aliphatic carbocycles. The maximum absolute atomic E-state index is 11.9. The fourth-order valence-corrected chi connectivity index (χ4v) is 2.90. The highest BCUT2D eigenvalue weighted by atomic mass is 127. The molecule has 2 rings (SSSR count). The van der Waals surface area contributed by atoms with Crippen molar-refractivity contribution in [1.82, 2.24) is 20.9 Å². The van der Waals surface area contributed by atoms with E-state index in [-0.39, 0.29) is 35.3 Å². The Bertz CT molecular complexity index is 792. The van der Waals surface area contributed by atoms with Gasteiger partial charge in [0.05, 0.1) is 0 Å². The monoisotopic (exact) mass is 499 g/mol. The summed E-state index contributed by atoms with van der Waals surface area (Å²) in [6.45, 7) is 12.6. The Kier molecular flexibility index (Phi) is 9.78. The first-order valence-electron chi connectivity index (χ1n) is 9.69. The summed E-state index contributed by atoms with van der Waals surface area (Å²) < 4.78 is 0. The van der Waals surface area contributed by atoms with Crippen LogP contribution in [0.25, 0.3) is 10.9 Å². The molecule has 6 nitrogen and oxygen atoms in total. The molecule has 28 heavy (non-hydrogen) atoms. The van der Waals surface area contributed by atoms with E-state index in [1.165, 1.54) is 22.2 Å². The first-order valence-corrected chi connectivity index (χ1v) is 9.69. The SMILES string of the molecule is CCNC(=NCCc1c(C)[nH]c2ccccc12)NCCNC(=O)C(C)(C)C.I.